The lowest BCUT2D eigenvalue weighted by Gasteiger charge is -2.12. The maximum absolute atomic E-state index is 10.7. The highest BCUT2D eigenvalue weighted by Crippen LogP contribution is 2.36. The van der Waals surface area contributed by atoms with Crippen molar-refractivity contribution in [2.75, 3.05) is 20.3 Å². The molecule has 0 amide bonds. The first kappa shape index (κ1) is 14.0. The third kappa shape index (κ3) is 4.02. The summed E-state index contributed by atoms with van der Waals surface area (Å²) in [6.07, 6.45) is 2.22. The number of hydrogen-bond acceptors (Lipinski definition) is 4. The van der Waals surface area contributed by atoms with Crippen molar-refractivity contribution in [2.45, 2.75) is 12.8 Å². The molecule has 0 aliphatic heterocycles. The van der Waals surface area contributed by atoms with E-state index in [1.165, 1.54) is 7.11 Å². The molecular formula is C12H15BrO4. The van der Waals surface area contributed by atoms with Gasteiger partial charge in [-0.3, -0.25) is 4.79 Å². The molecule has 17 heavy (non-hydrogen) atoms. The van der Waals surface area contributed by atoms with Gasteiger partial charge < -0.3 is 14.6 Å². The zero-order valence-electron chi connectivity index (χ0n) is 9.61. The average Bonchev–Trinajstić information content (AvgIpc) is 2.35. The summed E-state index contributed by atoms with van der Waals surface area (Å²) in [5, 5.41) is 8.66. The van der Waals surface area contributed by atoms with Gasteiger partial charge in [-0.15, -0.1) is 0 Å². The van der Waals surface area contributed by atoms with Gasteiger partial charge in [-0.2, -0.15) is 0 Å². The summed E-state index contributed by atoms with van der Waals surface area (Å²) in [6.45, 7) is 0.654. The summed E-state index contributed by atoms with van der Waals surface area (Å²) in [4.78, 5) is 10.7. The fourth-order valence-corrected chi connectivity index (χ4v) is 1.91. The normalized spacial score (nSPS) is 10.1. The molecule has 94 valence electrons. The Morgan fingerprint density at radius 3 is 2.76 bits per heavy atom. The molecule has 1 N–H and O–H groups in total. The smallest absolute Gasteiger partial charge is 0.175 e. The number of carbonyl (C=O) groups is 1. The van der Waals surface area contributed by atoms with Gasteiger partial charge in [0.25, 0.3) is 0 Å². The molecule has 0 aliphatic carbocycles. The van der Waals surface area contributed by atoms with Crippen molar-refractivity contribution in [3.8, 4) is 11.5 Å². The van der Waals surface area contributed by atoms with Gasteiger partial charge in [-0.25, -0.2) is 0 Å². The summed E-state index contributed by atoms with van der Waals surface area (Å²) in [6, 6.07) is 3.30. The van der Waals surface area contributed by atoms with Crippen LogP contribution in [0.2, 0.25) is 0 Å². The lowest BCUT2D eigenvalue weighted by atomic mass is 10.2. The number of methoxy groups -OCH3 is 1. The zero-order valence-corrected chi connectivity index (χ0v) is 11.2. The topological polar surface area (TPSA) is 55.8 Å². The minimum absolute atomic E-state index is 0.158. The second kappa shape index (κ2) is 7.29. The Labute approximate surface area is 109 Å². The number of halogens is 1. The Morgan fingerprint density at radius 2 is 2.18 bits per heavy atom. The number of aliphatic hydroxyl groups is 1. The monoisotopic (exact) mass is 302 g/mol. The predicted octanol–water partition coefficient (Wildman–Crippen LogP) is 2.42. The summed E-state index contributed by atoms with van der Waals surface area (Å²) in [5.74, 6) is 1.10. The second-order valence-electron chi connectivity index (χ2n) is 3.43. The van der Waals surface area contributed by atoms with Gasteiger partial charge in [-0.1, -0.05) is 0 Å². The fraction of sp³-hybridized carbons (Fsp3) is 0.417. The highest BCUT2D eigenvalue weighted by Gasteiger charge is 2.11. The Hall–Kier alpha value is -1.07. The molecule has 0 spiro atoms. The van der Waals surface area contributed by atoms with E-state index in [4.69, 9.17) is 14.6 Å². The van der Waals surface area contributed by atoms with Gasteiger partial charge in [0.15, 0.2) is 11.5 Å². The Morgan fingerprint density at radius 1 is 1.41 bits per heavy atom. The van der Waals surface area contributed by atoms with Crippen LogP contribution in [0.1, 0.15) is 23.2 Å². The molecule has 0 bridgehead atoms. The summed E-state index contributed by atoms with van der Waals surface area (Å²) < 4.78 is 11.4. The number of benzene rings is 1. The maximum atomic E-state index is 10.7. The molecule has 5 heteroatoms. The molecule has 0 aromatic heterocycles. The van der Waals surface area contributed by atoms with Gasteiger partial charge in [0, 0.05) is 12.2 Å². The molecule has 0 aliphatic rings. The number of hydrogen-bond donors (Lipinski definition) is 1. The van der Waals surface area contributed by atoms with Crippen molar-refractivity contribution in [1.29, 1.82) is 0 Å². The van der Waals surface area contributed by atoms with Crippen LogP contribution in [0.25, 0.3) is 0 Å². The average molecular weight is 303 g/mol. The van der Waals surface area contributed by atoms with Crippen molar-refractivity contribution in [3.05, 3.63) is 22.2 Å². The van der Waals surface area contributed by atoms with Crippen LogP contribution in [0.3, 0.4) is 0 Å². The summed E-state index contributed by atoms with van der Waals surface area (Å²) >= 11 is 3.34. The van der Waals surface area contributed by atoms with Crippen LogP contribution in [0.5, 0.6) is 11.5 Å². The predicted molar refractivity (Wildman–Crippen MR) is 67.9 cm³/mol. The molecule has 1 aromatic rings. The van der Waals surface area contributed by atoms with E-state index in [2.05, 4.69) is 15.9 Å². The molecule has 4 nitrogen and oxygen atoms in total. The molecule has 0 saturated carbocycles. The summed E-state index contributed by atoms with van der Waals surface area (Å²) in [5.41, 5.74) is 0.524. The molecule has 0 unspecified atom stereocenters. The molecular weight excluding hydrogens is 288 g/mol. The van der Waals surface area contributed by atoms with Gasteiger partial charge in [0.1, 0.15) is 6.29 Å². The number of aliphatic hydroxyl groups excluding tert-OH is 1. The molecule has 0 fully saturated rings. The Balaban J connectivity index is 2.79. The minimum atomic E-state index is 0.158. The van der Waals surface area contributed by atoms with Crippen molar-refractivity contribution in [3.63, 3.8) is 0 Å². The van der Waals surface area contributed by atoms with E-state index in [1.807, 2.05) is 0 Å². The molecule has 1 aromatic carbocycles. The van der Waals surface area contributed by atoms with Crippen molar-refractivity contribution in [1.82, 2.24) is 0 Å². The molecule has 0 atom stereocenters. The standard InChI is InChI=1S/C12H15BrO4/c1-16-11-7-9(8-15)6-10(13)12(11)17-5-3-2-4-14/h6-8,14H,2-5H2,1H3. The van der Waals surface area contributed by atoms with E-state index < -0.39 is 0 Å². The van der Waals surface area contributed by atoms with Crippen LogP contribution in [-0.4, -0.2) is 31.7 Å². The zero-order chi connectivity index (χ0) is 12.7. The third-order valence-corrected chi connectivity index (χ3v) is 2.78. The minimum Gasteiger partial charge on any atom is -0.493 e. The lowest BCUT2D eigenvalue weighted by Crippen LogP contribution is -2.01. The van der Waals surface area contributed by atoms with E-state index in [9.17, 15) is 4.79 Å². The number of ether oxygens (including phenoxy) is 2. The van der Waals surface area contributed by atoms with Crippen LogP contribution in [0.15, 0.2) is 16.6 Å². The van der Waals surface area contributed by atoms with Crippen LogP contribution in [0, 0.1) is 0 Å². The third-order valence-electron chi connectivity index (χ3n) is 2.19. The molecule has 0 heterocycles. The highest BCUT2D eigenvalue weighted by molar-refractivity contribution is 9.10. The first-order chi connectivity index (χ1) is 8.22. The van der Waals surface area contributed by atoms with Crippen molar-refractivity contribution >= 4 is 22.2 Å². The van der Waals surface area contributed by atoms with Gasteiger partial charge >= 0.3 is 0 Å². The van der Waals surface area contributed by atoms with Crippen LogP contribution in [-0.2, 0) is 0 Å². The summed E-state index contributed by atoms with van der Waals surface area (Å²) in [7, 11) is 1.52. The van der Waals surface area contributed by atoms with E-state index in [0.29, 0.717) is 34.6 Å². The van der Waals surface area contributed by atoms with Crippen molar-refractivity contribution < 1.29 is 19.4 Å². The number of carbonyl (C=O) groups excluding carboxylic acids is 1. The van der Waals surface area contributed by atoms with Gasteiger partial charge in [-0.05, 0) is 40.9 Å². The fourth-order valence-electron chi connectivity index (χ4n) is 1.34. The first-order valence-electron chi connectivity index (χ1n) is 5.29. The second-order valence-corrected chi connectivity index (χ2v) is 4.29. The molecule has 0 radical (unpaired) electrons. The van der Waals surface area contributed by atoms with Crippen molar-refractivity contribution in [2.24, 2.45) is 0 Å². The van der Waals surface area contributed by atoms with E-state index >= 15 is 0 Å². The SMILES string of the molecule is COc1cc(C=O)cc(Br)c1OCCCCO. The first-order valence-corrected chi connectivity index (χ1v) is 6.08. The number of aldehydes is 1. The highest BCUT2D eigenvalue weighted by atomic mass is 79.9. The van der Waals surface area contributed by atoms with Gasteiger partial charge in [0.05, 0.1) is 18.2 Å². The van der Waals surface area contributed by atoms with E-state index in [1.54, 1.807) is 12.1 Å². The van der Waals surface area contributed by atoms with Crippen LogP contribution < -0.4 is 9.47 Å². The van der Waals surface area contributed by atoms with Gasteiger partial charge in [0.2, 0.25) is 0 Å². The Bertz CT molecular complexity index is 379. The van der Waals surface area contributed by atoms with E-state index in [-0.39, 0.29) is 6.61 Å². The van der Waals surface area contributed by atoms with Crippen LogP contribution >= 0.6 is 15.9 Å². The van der Waals surface area contributed by atoms with Crippen LogP contribution in [0.4, 0.5) is 0 Å². The lowest BCUT2D eigenvalue weighted by molar-refractivity contribution is 0.112. The number of rotatable bonds is 7. The largest absolute Gasteiger partial charge is 0.493 e. The number of unbranched alkanes of at least 4 members (excludes halogenated alkanes) is 1. The maximum Gasteiger partial charge on any atom is 0.175 e. The van der Waals surface area contributed by atoms with E-state index in [0.717, 1.165) is 12.7 Å². The Kier molecular flexibility index (Phi) is 6.00. The molecule has 0 saturated heterocycles. The quantitative estimate of drug-likeness (QED) is 0.621. The molecule has 1 rings (SSSR count).